The molecule has 4 heterocycles. The summed E-state index contributed by atoms with van der Waals surface area (Å²) in [5.41, 5.74) is 1.22. The molecule has 168 valence electrons. The number of carbonyl (C=O) groups excluding carboxylic acids is 1. The predicted molar refractivity (Wildman–Crippen MR) is 122 cm³/mol. The van der Waals surface area contributed by atoms with Gasteiger partial charge in [0.05, 0.1) is 0 Å². The first kappa shape index (κ1) is 22.0. The Hall–Kier alpha value is -2.25. The Kier molecular flexibility index (Phi) is 7.70. The van der Waals surface area contributed by atoms with E-state index >= 15 is 0 Å². The van der Waals surface area contributed by atoms with Crippen molar-refractivity contribution in [1.82, 2.24) is 29.7 Å². The third kappa shape index (κ3) is 5.92. The number of nitrogens with zero attached hydrogens (tertiary/aromatic N) is 5. The lowest BCUT2D eigenvalue weighted by atomic mass is 9.92. The standard InChI is InChI=1S/C24H36N6O/c1-2-29-14-3-6-21(29)18-27-23(31)9-8-20-10-16-28(17-11-20)19-22-7-4-15-30(22)24-25-12-5-13-26-24/h4-5,7,12-13,15,20-21H,2-3,6,8-11,14,16-19H2,1H3,(H,27,31). The molecule has 2 fully saturated rings. The summed E-state index contributed by atoms with van der Waals surface area (Å²) in [5, 5.41) is 3.18. The second kappa shape index (κ2) is 10.9. The summed E-state index contributed by atoms with van der Waals surface area (Å²) in [4.78, 5) is 26.1. The van der Waals surface area contributed by atoms with Gasteiger partial charge in [-0.1, -0.05) is 6.92 Å². The van der Waals surface area contributed by atoms with E-state index in [1.54, 1.807) is 12.4 Å². The van der Waals surface area contributed by atoms with Gasteiger partial charge in [0.2, 0.25) is 11.9 Å². The molecular weight excluding hydrogens is 388 g/mol. The Morgan fingerprint density at radius 2 is 1.94 bits per heavy atom. The quantitative estimate of drug-likeness (QED) is 0.671. The zero-order valence-electron chi connectivity index (χ0n) is 18.7. The van der Waals surface area contributed by atoms with Crippen molar-refractivity contribution in [3.63, 3.8) is 0 Å². The Balaban J connectivity index is 1.16. The third-order valence-corrected chi connectivity index (χ3v) is 6.91. The van der Waals surface area contributed by atoms with Gasteiger partial charge in [0, 0.05) is 49.8 Å². The maximum Gasteiger partial charge on any atom is 0.233 e. The number of carbonyl (C=O) groups is 1. The fraction of sp³-hybridized carbons (Fsp3) is 0.625. The smallest absolute Gasteiger partial charge is 0.233 e. The van der Waals surface area contributed by atoms with Crippen LogP contribution in [0.2, 0.25) is 0 Å². The van der Waals surface area contributed by atoms with Gasteiger partial charge in [-0.15, -0.1) is 0 Å². The second-order valence-electron chi connectivity index (χ2n) is 8.91. The molecule has 7 nitrogen and oxygen atoms in total. The third-order valence-electron chi connectivity index (χ3n) is 6.91. The molecule has 7 heteroatoms. The number of aromatic nitrogens is 3. The van der Waals surface area contributed by atoms with Crippen molar-refractivity contribution in [2.75, 3.05) is 32.7 Å². The van der Waals surface area contributed by atoms with Crippen LogP contribution in [0.15, 0.2) is 36.8 Å². The average Bonchev–Trinajstić information content (AvgIpc) is 3.47. The molecule has 0 spiro atoms. The van der Waals surface area contributed by atoms with Crippen LogP contribution in [0, 0.1) is 5.92 Å². The zero-order chi connectivity index (χ0) is 21.5. The molecule has 2 aromatic rings. The van der Waals surface area contributed by atoms with Crippen LogP contribution in [0.5, 0.6) is 0 Å². The summed E-state index contributed by atoms with van der Waals surface area (Å²) in [6, 6.07) is 6.59. The molecule has 2 saturated heterocycles. The van der Waals surface area contributed by atoms with Crippen molar-refractivity contribution in [1.29, 1.82) is 0 Å². The van der Waals surface area contributed by atoms with Crippen LogP contribution in [0.25, 0.3) is 5.95 Å². The molecule has 0 saturated carbocycles. The SMILES string of the molecule is CCN1CCCC1CNC(=O)CCC1CCN(Cc2cccn2-c2ncccn2)CC1. The normalized spacial score (nSPS) is 20.9. The number of hydrogen-bond donors (Lipinski definition) is 1. The molecule has 0 radical (unpaired) electrons. The van der Waals surface area contributed by atoms with Crippen molar-refractivity contribution in [3.05, 3.63) is 42.5 Å². The van der Waals surface area contributed by atoms with Gasteiger partial charge in [0.1, 0.15) is 0 Å². The molecule has 0 aliphatic carbocycles. The average molecular weight is 425 g/mol. The maximum atomic E-state index is 12.3. The second-order valence-corrected chi connectivity index (χ2v) is 8.91. The van der Waals surface area contributed by atoms with E-state index in [1.807, 2.05) is 12.3 Å². The lowest BCUT2D eigenvalue weighted by Gasteiger charge is -2.32. The molecular formula is C24H36N6O. The van der Waals surface area contributed by atoms with Crippen LogP contribution in [0.1, 0.15) is 51.1 Å². The van der Waals surface area contributed by atoms with Crippen molar-refractivity contribution in [2.24, 2.45) is 5.92 Å². The lowest BCUT2D eigenvalue weighted by molar-refractivity contribution is -0.121. The number of piperidine rings is 1. The van der Waals surface area contributed by atoms with E-state index in [2.05, 4.69) is 48.7 Å². The molecule has 2 aliphatic heterocycles. The molecule has 0 bridgehead atoms. The Morgan fingerprint density at radius 3 is 2.71 bits per heavy atom. The van der Waals surface area contributed by atoms with Crippen molar-refractivity contribution < 1.29 is 4.79 Å². The number of hydrogen-bond acceptors (Lipinski definition) is 5. The van der Waals surface area contributed by atoms with Gasteiger partial charge < -0.3 is 5.32 Å². The monoisotopic (exact) mass is 424 g/mol. The number of likely N-dealkylation sites (tertiary alicyclic amines) is 2. The zero-order valence-corrected chi connectivity index (χ0v) is 18.7. The summed E-state index contributed by atoms with van der Waals surface area (Å²) >= 11 is 0. The fourth-order valence-corrected chi connectivity index (χ4v) is 5.02. The molecule has 31 heavy (non-hydrogen) atoms. The van der Waals surface area contributed by atoms with E-state index in [4.69, 9.17) is 0 Å². The fourth-order valence-electron chi connectivity index (χ4n) is 5.02. The maximum absolute atomic E-state index is 12.3. The van der Waals surface area contributed by atoms with E-state index in [0.29, 0.717) is 18.4 Å². The van der Waals surface area contributed by atoms with Gasteiger partial charge in [-0.25, -0.2) is 9.97 Å². The Labute approximate surface area is 185 Å². The summed E-state index contributed by atoms with van der Waals surface area (Å²) in [7, 11) is 0. The highest BCUT2D eigenvalue weighted by Gasteiger charge is 2.24. The molecule has 2 aromatic heterocycles. The molecule has 1 unspecified atom stereocenters. The van der Waals surface area contributed by atoms with Crippen molar-refractivity contribution in [3.8, 4) is 5.95 Å². The first-order valence-electron chi connectivity index (χ1n) is 11.9. The van der Waals surface area contributed by atoms with E-state index in [0.717, 1.165) is 45.1 Å². The summed E-state index contributed by atoms with van der Waals surface area (Å²) < 4.78 is 2.07. The van der Waals surface area contributed by atoms with Crippen LogP contribution in [0.4, 0.5) is 0 Å². The Morgan fingerprint density at radius 1 is 1.13 bits per heavy atom. The highest BCUT2D eigenvalue weighted by Crippen LogP contribution is 2.24. The highest BCUT2D eigenvalue weighted by molar-refractivity contribution is 5.75. The van der Waals surface area contributed by atoms with Gasteiger partial charge in [0.15, 0.2) is 0 Å². The first-order valence-corrected chi connectivity index (χ1v) is 11.9. The molecule has 1 atom stereocenters. The van der Waals surface area contributed by atoms with Crippen molar-refractivity contribution >= 4 is 5.91 Å². The van der Waals surface area contributed by atoms with Gasteiger partial charge >= 0.3 is 0 Å². The number of rotatable bonds is 9. The van der Waals surface area contributed by atoms with Crippen LogP contribution in [-0.2, 0) is 11.3 Å². The number of likely N-dealkylation sites (N-methyl/N-ethyl adjacent to an activating group) is 1. The highest BCUT2D eigenvalue weighted by atomic mass is 16.1. The van der Waals surface area contributed by atoms with Crippen molar-refractivity contribution in [2.45, 2.75) is 58.0 Å². The van der Waals surface area contributed by atoms with Gasteiger partial charge in [0.25, 0.3) is 0 Å². The molecule has 4 rings (SSSR count). The van der Waals surface area contributed by atoms with E-state index in [9.17, 15) is 4.79 Å². The predicted octanol–water partition coefficient (Wildman–Crippen LogP) is 2.86. The van der Waals surface area contributed by atoms with Crippen LogP contribution < -0.4 is 5.32 Å². The minimum absolute atomic E-state index is 0.228. The van der Waals surface area contributed by atoms with Gasteiger partial charge in [-0.05, 0) is 82.4 Å². The molecule has 1 N–H and O–H groups in total. The molecule has 0 aromatic carbocycles. The summed E-state index contributed by atoms with van der Waals surface area (Å²) in [6.45, 7) is 8.37. The lowest BCUT2D eigenvalue weighted by Crippen LogP contribution is -2.40. The number of nitrogens with one attached hydrogen (secondary N) is 1. The van der Waals surface area contributed by atoms with E-state index in [1.165, 1.54) is 37.9 Å². The topological polar surface area (TPSA) is 66.3 Å². The van der Waals surface area contributed by atoms with Gasteiger partial charge in [-0.3, -0.25) is 19.2 Å². The summed E-state index contributed by atoms with van der Waals surface area (Å²) in [6.07, 6.45) is 12.1. The Bertz CT molecular complexity index is 814. The first-order chi connectivity index (χ1) is 15.2. The molecule has 1 amide bonds. The summed E-state index contributed by atoms with van der Waals surface area (Å²) in [5.74, 6) is 1.61. The van der Waals surface area contributed by atoms with Gasteiger partial charge in [-0.2, -0.15) is 0 Å². The minimum atomic E-state index is 0.228. The van der Waals surface area contributed by atoms with Crippen LogP contribution >= 0.6 is 0 Å². The van der Waals surface area contributed by atoms with Crippen LogP contribution in [-0.4, -0.2) is 69.0 Å². The van der Waals surface area contributed by atoms with E-state index in [-0.39, 0.29) is 5.91 Å². The number of amides is 1. The minimum Gasteiger partial charge on any atom is -0.355 e. The molecule has 2 aliphatic rings. The van der Waals surface area contributed by atoms with E-state index < -0.39 is 0 Å². The largest absolute Gasteiger partial charge is 0.355 e. The van der Waals surface area contributed by atoms with Crippen LogP contribution in [0.3, 0.4) is 0 Å².